The van der Waals surface area contributed by atoms with Crippen molar-refractivity contribution in [3.05, 3.63) is 57.5 Å². The van der Waals surface area contributed by atoms with Crippen molar-refractivity contribution in [3.63, 3.8) is 0 Å². The van der Waals surface area contributed by atoms with E-state index in [9.17, 15) is 14.4 Å². The van der Waals surface area contributed by atoms with E-state index in [0.717, 1.165) is 11.3 Å². The summed E-state index contributed by atoms with van der Waals surface area (Å²) in [6, 6.07) is 9.05. The standard InChI is InChI=1S/C20H21N3O5S/c1-12(10-27-3)28-15(24)9-23-11-21-19-16(20(23)26)13(2)17(29-19)18(25)22-14-7-5-4-6-8-14/h4-8,11-12H,9-10H2,1-3H3,(H,22,25). The summed E-state index contributed by atoms with van der Waals surface area (Å²) >= 11 is 1.14. The third kappa shape index (κ3) is 4.69. The molecule has 2 aromatic heterocycles. The minimum Gasteiger partial charge on any atom is -0.459 e. The van der Waals surface area contributed by atoms with Gasteiger partial charge in [0.15, 0.2) is 0 Å². The maximum Gasteiger partial charge on any atom is 0.326 e. The fourth-order valence-corrected chi connectivity index (χ4v) is 3.90. The molecular weight excluding hydrogens is 394 g/mol. The molecule has 0 aliphatic carbocycles. The van der Waals surface area contributed by atoms with E-state index in [1.54, 1.807) is 26.0 Å². The van der Waals surface area contributed by atoms with Crippen molar-refractivity contribution in [2.45, 2.75) is 26.5 Å². The average Bonchev–Trinajstić information content (AvgIpc) is 3.02. The molecule has 0 saturated carbocycles. The summed E-state index contributed by atoms with van der Waals surface area (Å²) in [6.45, 7) is 3.40. The monoisotopic (exact) mass is 415 g/mol. The van der Waals surface area contributed by atoms with Gasteiger partial charge >= 0.3 is 5.97 Å². The van der Waals surface area contributed by atoms with Crippen LogP contribution < -0.4 is 10.9 Å². The molecule has 1 amide bonds. The second-order valence-corrected chi connectivity index (χ2v) is 7.49. The van der Waals surface area contributed by atoms with Gasteiger partial charge in [0.1, 0.15) is 17.5 Å². The molecule has 1 unspecified atom stereocenters. The number of amides is 1. The predicted octanol–water partition coefficient (Wildman–Crippen LogP) is 2.60. The first-order valence-electron chi connectivity index (χ1n) is 8.94. The third-order valence-electron chi connectivity index (χ3n) is 4.19. The fourth-order valence-electron chi connectivity index (χ4n) is 2.87. The second kappa shape index (κ2) is 8.97. The molecule has 0 aliphatic heterocycles. The summed E-state index contributed by atoms with van der Waals surface area (Å²) in [5, 5.41) is 3.14. The molecule has 0 aliphatic rings. The molecule has 3 rings (SSSR count). The second-order valence-electron chi connectivity index (χ2n) is 6.49. The van der Waals surface area contributed by atoms with Crippen LogP contribution in [0.3, 0.4) is 0 Å². The number of benzene rings is 1. The lowest BCUT2D eigenvalue weighted by Crippen LogP contribution is -2.28. The van der Waals surface area contributed by atoms with Crippen LogP contribution in [0.1, 0.15) is 22.2 Å². The number of hydrogen-bond donors (Lipinski definition) is 1. The highest BCUT2D eigenvalue weighted by Gasteiger charge is 2.20. The Kier molecular flexibility index (Phi) is 6.40. The van der Waals surface area contributed by atoms with Crippen LogP contribution in [0.4, 0.5) is 5.69 Å². The number of methoxy groups -OCH3 is 1. The van der Waals surface area contributed by atoms with Gasteiger partial charge in [0.05, 0.1) is 23.2 Å². The van der Waals surface area contributed by atoms with Gasteiger partial charge in [-0.05, 0) is 31.5 Å². The first-order valence-corrected chi connectivity index (χ1v) is 9.75. The Morgan fingerprint density at radius 3 is 2.69 bits per heavy atom. The van der Waals surface area contributed by atoms with E-state index in [1.165, 1.54) is 18.0 Å². The van der Waals surface area contributed by atoms with Gasteiger partial charge in [-0.15, -0.1) is 11.3 Å². The molecule has 2 heterocycles. The van der Waals surface area contributed by atoms with Crippen molar-refractivity contribution in [1.82, 2.24) is 9.55 Å². The van der Waals surface area contributed by atoms with Crippen LogP contribution in [-0.2, 0) is 20.8 Å². The van der Waals surface area contributed by atoms with E-state index in [2.05, 4.69) is 10.3 Å². The lowest BCUT2D eigenvalue weighted by molar-refractivity contribution is -0.151. The van der Waals surface area contributed by atoms with Gasteiger partial charge in [0.25, 0.3) is 11.5 Å². The Morgan fingerprint density at radius 1 is 1.28 bits per heavy atom. The van der Waals surface area contributed by atoms with Gasteiger partial charge in [-0.2, -0.15) is 0 Å². The van der Waals surface area contributed by atoms with E-state index in [-0.39, 0.29) is 24.6 Å². The van der Waals surface area contributed by atoms with Crippen LogP contribution in [-0.4, -0.2) is 41.2 Å². The first-order chi connectivity index (χ1) is 13.9. The molecule has 0 bridgehead atoms. The number of rotatable bonds is 7. The first kappa shape index (κ1) is 20.7. The van der Waals surface area contributed by atoms with Crippen LogP contribution in [0.15, 0.2) is 41.5 Å². The predicted molar refractivity (Wildman–Crippen MR) is 110 cm³/mol. The minimum absolute atomic E-state index is 0.265. The number of nitrogens with zero attached hydrogens (tertiary/aromatic N) is 2. The highest BCUT2D eigenvalue weighted by atomic mass is 32.1. The smallest absolute Gasteiger partial charge is 0.326 e. The fraction of sp³-hybridized carbons (Fsp3) is 0.300. The van der Waals surface area contributed by atoms with Gasteiger partial charge in [-0.1, -0.05) is 18.2 Å². The molecular formula is C20H21N3O5S. The van der Waals surface area contributed by atoms with Crippen molar-refractivity contribution >= 4 is 39.1 Å². The summed E-state index contributed by atoms with van der Waals surface area (Å²) in [5.41, 5.74) is 0.804. The SMILES string of the molecule is COCC(C)OC(=O)Cn1cnc2sc(C(=O)Nc3ccccc3)c(C)c2c1=O. The lowest BCUT2D eigenvalue weighted by atomic mass is 10.2. The lowest BCUT2D eigenvalue weighted by Gasteiger charge is -2.12. The number of carbonyl (C=O) groups excluding carboxylic acids is 2. The topological polar surface area (TPSA) is 99.5 Å². The molecule has 0 spiro atoms. The maximum atomic E-state index is 12.9. The van der Waals surface area contributed by atoms with Crippen molar-refractivity contribution < 1.29 is 19.1 Å². The number of anilines is 1. The number of hydrogen-bond acceptors (Lipinski definition) is 7. The van der Waals surface area contributed by atoms with E-state index in [0.29, 0.717) is 26.3 Å². The summed E-state index contributed by atoms with van der Waals surface area (Å²) in [7, 11) is 1.51. The minimum atomic E-state index is -0.562. The van der Waals surface area contributed by atoms with Gasteiger partial charge in [-0.25, -0.2) is 4.98 Å². The molecule has 1 N–H and O–H groups in total. The highest BCUT2D eigenvalue weighted by Crippen LogP contribution is 2.27. The number of nitrogens with one attached hydrogen (secondary N) is 1. The zero-order chi connectivity index (χ0) is 21.0. The number of thiophene rings is 1. The zero-order valence-electron chi connectivity index (χ0n) is 16.3. The molecule has 8 nitrogen and oxygen atoms in total. The molecule has 3 aromatic rings. The molecule has 9 heteroatoms. The molecule has 0 radical (unpaired) electrons. The molecule has 29 heavy (non-hydrogen) atoms. The summed E-state index contributed by atoms with van der Waals surface area (Å²) < 4.78 is 11.3. The Hall–Kier alpha value is -3.04. The van der Waals surface area contributed by atoms with Crippen LogP contribution in [0.5, 0.6) is 0 Å². The van der Waals surface area contributed by atoms with Gasteiger partial charge in [-0.3, -0.25) is 19.0 Å². The number of ether oxygens (including phenoxy) is 2. The Bertz CT molecular complexity index is 1090. The van der Waals surface area contributed by atoms with Crippen LogP contribution in [0.2, 0.25) is 0 Å². The number of para-hydroxylation sites is 1. The molecule has 152 valence electrons. The summed E-state index contributed by atoms with van der Waals surface area (Å²) in [4.78, 5) is 42.7. The van der Waals surface area contributed by atoms with Crippen molar-refractivity contribution in [1.29, 1.82) is 0 Å². The van der Waals surface area contributed by atoms with Gasteiger partial charge in [0.2, 0.25) is 0 Å². The van der Waals surface area contributed by atoms with Crippen LogP contribution >= 0.6 is 11.3 Å². The zero-order valence-corrected chi connectivity index (χ0v) is 17.1. The van der Waals surface area contributed by atoms with Crippen molar-refractivity contribution in [3.8, 4) is 0 Å². The van der Waals surface area contributed by atoms with Crippen LogP contribution in [0, 0.1) is 6.92 Å². The molecule has 1 atom stereocenters. The van der Waals surface area contributed by atoms with Gasteiger partial charge in [0, 0.05) is 12.8 Å². The summed E-state index contributed by atoms with van der Waals surface area (Å²) in [6.07, 6.45) is 0.873. The molecule has 0 fully saturated rings. The highest BCUT2D eigenvalue weighted by molar-refractivity contribution is 7.20. The average molecular weight is 415 g/mol. The van der Waals surface area contributed by atoms with Gasteiger partial charge < -0.3 is 14.8 Å². The number of carbonyl (C=O) groups is 2. The Labute approximate surface area is 171 Å². The largest absolute Gasteiger partial charge is 0.459 e. The van der Waals surface area contributed by atoms with E-state index in [4.69, 9.17) is 9.47 Å². The number of aryl methyl sites for hydroxylation is 1. The normalized spacial score (nSPS) is 12.0. The Balaban J connectivity index is 1.85. The number of esters is 1. The number of aromatic nitrogens is 2. The third-order valence-corrected chi connectivity index (χ3v) is 5.39. The Morgan fingerprint density at radius 2 is 2.00 bits per heavy atom. The van der Waals surface area contributed by atoms with E-state index in [1.807, 2.05) is 18.2 Å². The van der Waals surface area contributed by atoms with Crippen molar-refractivity contribution in [2.24, 2.45) is 0 Å². The quantitative estimate of drug-likeness (QED) is 0.596. The van der Waals surface area contributed by atoms with E-state index >= 15 is 0 Å². The number of fused-ring (bicyclic) bond motifs is 1. The molecule has 0 saturated heterocycles. The van der Waals surface area contributed by atoms with Crippen molar-refractivity contribution in [2.75, 3.05) is 19.0 Å². The van der Waals surface area contributed by atoms with E-state index < -0.39 is 12.1 Å². The molecule has 1 aromatic carbocycles. The summed E-state index contributed by atoms with van der Waals surface area (Å²) in [5.74, 6) is -0.872. The maximum absolute atomic E-state index is 12.9. The van der Waals surface area contributed by atoms with Crippen LogP contribution in [0.25, 0.3) is 10.2 Å².